The van der Waals surface area contributed by atoms with E-state index in [1.807, 2.05) is 19.1 Å². The summed E-state index contributed by atoms with van der Waals surface area (Å²) in [7, 11) is 0. The molecule has 4 nitrogen and oxygen atoms in total. The Hall–Kier alpha value is -0.820. The number of anilines is 1. The average molecular weight is 360 g/mol. The van der Waals surface area contributed by atoms with Crippen molar-refractivity contribution in [1.82, 2.24) is 5.32 Å². The summed E-state index contributed by atoms with van der Waals surface area (Å²) >= 11 is 2.27. The average Bonchev–Trinajstić information content (AvgIpc) is 2.40. The predicted molar refractivity (Wildman–Crippen MR) is 80.2 cm³/mol. The summed E-state index contributed by atoms with van der Waals surface area (Å²) < 4.78 is 6.50. The molecule has 5 heteroatoms. The second-order valence-electron chi connectivity index (χ2n) is 4.12. The van der Waals surface area contributed by atoms with Crippen molar-refractivity contribution in [2.24, 2.45) is 0 Å². The van der Waals surface area contributed by atoms with Gasteiger partial charge in [-0.3, -0.25) is 4.79 Å². The Kier molecular flexibility index (Phi) is 4.82. The molecule has 1 aromatic carbocycles. The largest absolute Gasteiger partial charge is 0.378 e. The van der Waals surface area contributed by atoms with E-state index in [4.69, 9.17) is 4.74 Å². The fourth-order valence-corrected chi connectivity index (χ4v) is 2.49. The van der Waals surface area contributed by atoms with E-state index in [-0.39, 0.29) is 5.91 Å². The number of carbonyl (C=O) groups excluding carboxylic acids is 1. The Bertz CT molecular complexity index is 431. The van der Waals surface area contributed by atoms with Crippen LogP contribution in [0, 0.1) is 3.57 Å². The molecule has 1 aromatic rings. The van der Waals surface area contributed by atoms with E-state index >= 15 is 0 Å². The summed E-state index contributed by atoms with van der Waals surface area (Å²) in [5.41, 5.74) is 1.76. The molecule has 0 bridgehead atoms. The van der Waals surface area contributed by atoms with Gasteiger partial charge in [0.2, 0.25) is 0 Å². The fourth-order valence-electron chi connectivity index (χ4n) is 2.02. The highest BCUT2D eigenvalue weighted by molar-refractivity contribution is 14.1. The highest BCUT2D eigenvalue weighted by Gasteiger charge is 2.18. The summed E-state index contributed by atoms with van der Waals surface area (Å²) in [5, 5.41) is 2.86. The number of ether oxygens (including phenoxy) is 1. The van der Waals surface area contributed by atoms with Crippen molar-refractivity contribution < 1.29 is 9.53 Å². The lowest BCUT2D eigenvalue weighted by Crippen LogP contribution is -2.38. The zero-order valence-corrected chi connectivity index (χ0v) is 12.6. The first kappa shape index (κ1) is 13.6. The van der Waals surface area contributed by atoms with Gasteiger partial charge >= 0.3 is 0 Å². The first-order valence-corrected chi connectivity index (χ1v) is 7.20. The highest BCUT2D eigenvalue weighted by Crippen LogP contribution is 2.24. The molecule has 18 heavy (non-hydrogen) atoms. The number of rotatable bonds is 3. The molecule has 0 radical (unpaired) electrons. The molecule has 0 spiro atoms. The molecule has 1 amide bonds. The molecule has 1 N–H and O–H groups in total. The fraction of sp³-hybridized carbons (Fsp3) is 0.462. The van der Waals surface area contributed by atoms with Crippen LogP contribution in [-0.2, 0) is 4.74 Å². The first-order chi connectivity index (χ1) is 8.72. The monoisotopic (exact) mass is 360 g/mol. The van der Waals surface area contributed by atoms with Gasteiger partial charge in [-0.25, -0.2) is 0 Å². The van der Waals surface area contributed by atoms with Crippen LogP contribution < -0.4 is 10.2 Å². The quantitative estimate of drug-likeness (QED) is 0.837. The predicted octanol–water partition coefficient (Wildman–Crippen LogP) is 1.88. The minimum Gasteiger partial charge on any atom is -0.378 e. The van der Waals surface area contributed by atoms with Crippen LogP contribution in [0.3, 0.4) is 0 Å². The van der Waals surface area contributed by atoms with Crippen LogP contribution in [0.15, 0.2) is 18.2 Å². The normalized spacial score (nSPS) is 15.6. The maximum atomic E-state index is 12.0. The minimum atomic E-state index is -0.00427. The third-order valence-corrected chi connectivity index (χ3v) is 3.56. The minimum absolute atomic E-state index is 0.00427. The standard InChI is InChI=1S/C13H17IN2O2/c1-2-15-13(17)11-4-3-10(14)9-12(11)16-5-7-18-8-6-16/h3-4,9H,2,5-8H2,1H3,(H,15,17). The van der Waals surface area contributed by atoms with Crippen LogP contribution in [0.25, 0.3) is 0 Å². The molecule has 1 fully saturated rings. The number of nitrogens with zero attached hydrogens (tertiary/aromatic N) is 1. The summed E-state index contributed by atoms with van der Waals surface area (Å²) in [4.78, 5) is 14.3. The van der Waals surface area contributed by atoms with E-state index in [1.54, 1.807) is 0 Å². The molecular formula is C13H17IN2O2. The molecule has 0 atom stereocenters. The van der Waals surface area contributed by atoms with Gasteiger partial charge in [0.1, 0.15) is 0 Å². The van der Waals surface area contributed by atoms with Crippen molar-refractivity contribution in [2.75, 3.05) is 37.7 Å². The second-order valence-corrected chi connectivity index (χ2v) is 5.37. The van der Waals surface area contributed by atoms with E-state index in [1.165, 1.54) is 0 Å². The van der Waals surface area contributed by atoms with Crippen LogP contribution in [0.5, 0.6) is 0 Å². The molecule has 1 aliphatic heterocycles. The smallest absolute Gasteiger partial charge is 0.253 e. The lowest BCUT2D eigenvalue weighted by atomic mass is 10.1. The van der Waals surface area contributed by atoms with Gasteiger partial charge in [0.05, 0.1) is 24.5 Å². The summed E-state index contributed by atoms with van der Waals surface area (Å²) in [6.45, 7) is 5.70. The van der Waals surface area contributed by atoms with Crippen molar-refractivity contribution >= 4 is 34.2 Å². The maximum absolute atomic E-state index is 12.0. The van der Waals surface area contributed by atoms with E-state index in [0.29, 0.717) is 6.54 Å². The van der Waals surface area contributed by atoms with Crippen LogP contribution in [-0.4, -0.2) is 38.8 Å². The van der Waals surface area contributed by atoms with E-state index in [0.717, 1.165) is 41.1 Å². The Labute approximate surface area is 121 Å². The Morgan fingerprint density at radius 3 is 2.83 bits per heavy atom. The maximum Gasteiger partial charge on any atom is 0.253 e. The van der Waals surface area contributed by atoms with Gasteiger partial charge in [-0.15, -0.1) is 0 Å². The SMILES string of the molecule is CCNC(=O)c1ccc(I)cc1N1CCOCC1. The van der Waals surface area contributed by atoms with Gasteiger partial charge in [0.15, 0.2) is 0 Å². The topological polar surface area (TPSA) is 41.6 Å². The molecule has 1 heterocycles. The van der Waals surface area contributed by atoms with Crippen molar-refractivity contribution in [3.8, 4) is 0 Å². The summed E-state index contributed by atoms with van der Waals surface area (Å²) in [6.07, 6.45) is 0. The van der Waals surface area contributed by atoms with Crippen molar-refractivity contribution in [1.29, 1.82) is 0 Å². The van der Waals surface area contributed by atoms with Gasteiger partial charge < -0.3 is 15.0 Å². The Morgan fingerprint density at radius 1 is 1.44 bits per heavy atom. The van der Waals surface area contributed by atoms with Gasteiger partial charge in [0.25, 0.3) is 5.91 Å². The summed E-state index contributed by atoms with van der Waals surface area (Å²) in [6, 6.07) is 5.93. The van der Waals surface area contributed by atoms with Crippen molar-refractivity contribution in [2.45, 2.75) is 6.92 Å². The van der Waals surface area contributed by atoms with Crippen molar-refractivity contribution in [3.05, 3.63) is 27.3 Å². The van der Waals surface area contributed by atoms with Gasteiger partial charge in [0, 0.05) is 23.2 Å². The van der Waals surface area contributed by atoms with E-state index in [2.05, 4.69) is 38.9 Å². The molecule has 0 saturated carbocycles. The lowest BCUT2D eigenvalue weighted by Gasteiger charge is -2.30. The number of morpholine rings is 1. The lowest BCUT2D eigenvalue weighted by molar-refractivity contribution is 0.0954. The number of nitrogens with one attached hydrogen (secondary N) is 1. The number of halogens is 1. The highest BCUT2D eigenvalue weighted by atomic mass is 127. The van der Waals surface area contributed by atoms with Crippen LogP contribution in [0.4, 0.5) is 5.69 Å². The second kappa shape index (κ2) is 6.38. The summed E-state index contributed by atoms with van der Waals surface area (Å²) in [5.74, 6) is -0.00427. The molecule has 2 rings (SSSR count). The van der Waals surface area contributed by atoms with Gasteiger partial charge in [-0.05, 0) is 47.7 Å². The molecule has 98 valence electrons. The Balaban J connectivity index is 2.30. The molecule has 1 aliphatic rings. The van der Waals surface area contributed by atoms with Crippen LogP contribution in [0.1, 0.15) is 17.3 Å². The molecule has 0 aliphatic carbocycles. The number of hydrogen-bond donors (Lipinski definition) is 1. The molecule has 1 saturated heterocycles. The zero-order chi connectivity index (χ0) is 13.0. The van der Waals surface area contributed by atoms with E-state index in [9.17, 15) is 4.79 Å². The number of benzene rings is 1. The van der Waals surface area contributed by atoms with Crippen molar-refractivity contribution in [3.63, 3.8) is 0 Å². The molecule has 0 aromatic heterocycles. The van der Waals surface area contributed by atoms with Gasteiger partial charge in [-0.1, -0.05) is 0 Å². The van der Waals surface area contributed by atoms with Crippen LogP contribution >= 0.6 is 22.6 Å². The number of carbonyl (C=O) groups is 1. The first-order valence-electron chi connectivity index (χ1n) is 6.13. The zero-order valence-electron chi connectivity index (χ0n) is 10.4. The number of hydrogen-bond acceptors (Lipinski definition) is 3. The van der Waals surface area contributed by atoms with E-state index < -0.39 is 0 Å². The van der Waals surface area contributed by atoms with Crippen LogP contribution in [0.2, 0.25) is 0 Å². The van der Waals surface area contributed by atoms with Gasteiger partial charge in [-0.2, -0.15) is 0 Å². The third kappa shape index (κ3) is 3.14. The number of amides is 1. The molecule has 0 unspecified atom stereocenters. The Morgan fingerprint density at radius 2 is 2.17 bits per heavy atom. The molecular weight excluding hydrogens is 343 g/mol. The third-order valence-electron chi connectivity index (χ3n) is 2.89.